The largest absolute Gasteiger partial charge is 1.00 e. The number of allylic oxidation sites excluding steroid dienone is 9. The second-order valence-corrected chi connectivity index (χ2v) is 12.7. The van der Waals surface area contributed by atoms with Crippen LogP contribution in [0.2, 0.25) is 0 Å². The molecule has 0 bridgehead atoms. The first-order valence-electron chi connectivity index (χ1n) is 13.1. The number of hydrogen-bond acceptors (Lipinski definition) is 2. The van der Waals surface area contributed by atoms with Crippen LogP contribution < -0.4 is 32.9 Å². The Morgan fingerprint density at radius 1 is 0.692 bits per heavy atom. The third-order valence-electron chi connectivity index (χ3n) is 6.30. The van der Waals surface area contributed by atoms with E-state index in [0.717, 1.165) is 11.7 Å². The molecule has 0 saturated carbocycles. The Kier molecular flexibility index (Phi) is 13.6. The molecule has 4 heteroatoms. The summed E-state index contributed by atoms with van der Waals surface area (Å²) in [6.07, 6.45) is 15.3. The second-order valence-electron chi connectivity index (χ2n) is 9.15. The first kappa shape index (κ1) is 32.0. The molecule has 0 aliphatic carbocycles. The van der Waals surface area contributed by atoms with E-state index in [4.69, 9.17) is 4.74 Å². The summed E-state index contributed by atoms with van der Waals surface area (Å²) in [7, 11) is -1.88. The molecule has 0 aromatic heterocycles. The van der Waals surface area contributed by atoms with Gasteiger partial charge in [-0.15, -0.1) is 0 Å². The maximum absolute atomic E-state index is 11.7. The molecule has 0 atom stereocenters. The van der Waals surface area contributed by atoms with E-state index in [0.29, 0.717) is 12.2 Å². The quantitative estimate of drug-likeness (QED) is 0.140. The zero-order valence-electron chi connectivity index (χ0n) is 23.3. The third-order valence-corrected chi connectivity index (χ3v) is 10.6. The predicted octanol–water partition coefficient (Wildman–Crippen LogP) is 4.50. The van der Waals surface area contributed by atoms with E-state index in [-0.39, 0.29) is 23.0 Å². The number of esters is 1. The molecule has 3 aromatic carbocycles. The Morgan fingerprint density at radius 2 is 1.13 bits per heavy atom. The van der Waals surface area contributed by atoms with Crippen molar-refractivity contribution in [2.75, 3.05) is 12.8 Å². The number of benzene rings is 3. The highest BCUT2D eigenvalue weighted by molar-refractivity contribution is 7.95. The normalized spacial score (nSPS) is 13.0. The van der Waals surface area contributed by atoms with Gasteiger partial charge in [-0.2, -0.15) is 0 Å². The lowest BCUT2D eigenvalue weighted by atomic mass is 10.2. The molecule has 0 spiro atoms. The van der Waals surface area contributed by atoms with Crippen molar-refractivity contribution in [3.63, 3.8) is 0 Å². The molecule has 202 valence electrons. The summed E-state index contributed by atoms with van der Waals surface area (Å²) in [6.45, 7) is 8.16. The van der Waals surface area contributed by atoms with Crippen molar-refractivity contribution in [2.45, 2.75) is 27.7 Å². The zero-order valence-corrected chi connectivity index (χ0v) is 25.7. The molecule has 0 saturated heterocycles. The van der Waals surface area contributed by atoms with Crippen molar-refractivity contribution in [1.82, 2.24) is 0 Å². The van der Waals surface area contributed by atoms with Crippen molar-refractivity contribution < 1.29 is 26.5 Å². The summed E-state index contributed by atoms with van der Waals surface area (Å²) in [5, 5.41) is 4.16. The lowest BCUT2D eigenvalue weighted by Gasteiger charge is -2.26. The number of rotatable bonds is 11. The summed E-state index contributed by atoms with van der Waals surface area (Å²) in [6, 6.07) is 32.9. The van der Waals surface area contributed by atoms with E-state index in [9.17, 15) is 4.79 Å². The van der Waals surface area contributed by atoms with Gasteiger partial charge in [0, 0.05) is 5.57 Å². The molecule has 0 radical (unpaired) electrons. The highest BCUT2D eigenvalue weighted by Gasteiger charge is 2.44. The smallest absolute Gasteiger partial charge is 0.333 e. The van der Waals surface area contributed by atoms with Crippen LogP contribution in [0.5, 0.6) is 0 Å². The number of carbonyl (C=O) groups is 1. The van der Waals surface area contributed by atoms with E-state index >= 15 is 0 Å². The molecule has 0 fully saturated rings. The monoisotopic (exact) mass is 600 g/mol. The van der Waals surface area contributed by atoms with Gasteiger partial charge in [-0.05, 0) is 70.2 Å². The Hall–Kier alpha value is -3.26. The molecule has 0 amide bonds. The predicted molar refractivity (Wildman–Crippen MR) is 166 cm³/mol. The molecular weight excluding hydrogens is 563 g/mol. The highest BCUT2D eigenvalue weighted by Crippen LogP contribution is 2.55. The minimum atomic E-state index is -1.88. The van der Waals surface area contributed by atoms with Crippen LogP contribution in [-0.2, 0) is 9.53 Å². The van der Waals surface area contributed by atoms with Crippen molar-refractivity contribution in [3.8, 4) is 0 Å². The van der Waals surface area contributed by atoms with Crippen molar-refractivity contribution >= 4 is 29.1 Å². The van der Waals surface area contributed by atoms with Crippen LogP contribution in [0.3, 0.4) is 0 Å². The van der Waals surface area contributed by atoms with E-state index in [1.807, 2.05) is 26.0 Å². The fourth-order valence-electron chi connectivity index (χ4n) is 4.22. The van der Waals surface area contributed by atoms with Crippen LogP contribution in [0.15, 0.2) is 150 Å². The Labute approximate surface area is 245 Å². The number of ether oxygens (including phenoxy) is 1. The molecule has 0 aliphatic rings. The van der Waals surface area contributed by atoms with Gasteiger partial charge in [-0.3, -0.25) is 0 Å². The molecule has 3 aromatic rings. The summed E-state index contributed by atoms with van der Waals surface area (Å²) >= 11 is 0. The minimum Gasteiger partial charge on any atom is -1.00 e. The summed E-state index contributed by atoms with van der Waals surface area (Å²) in [4.78, 5) is 11.7. The van der Waals surface area contributed by atoms with Crippen LogP contribution in [0.4, 0.5) is 0 Å². The van der Waals surface area contributed by atoms with Gasteiger partial charge in [0.25, 0.3) is 0 Å². The van der Waals surface area contributed by atoms with E-state index in [1.165, 1.54) is 21.5 Å². The fourth-order valence-corrected chi connectivity index (χ4v) is 8.36. The molecule has 0 N–H and O–H groups in total. The average Bonchev–Trinajstić information content (AvgIpc) is 2.95. The topological polar surface area (TPSA) is 26.3 Å². The molecule has 3 rings (SSSR count). The van der Waals surface area contributed by atoms with Crippen LogP contribution in [0.25, 0.3) is 0 Å². The Bertz CT molecular complexity index is 1220. The van der Waals surface area contributed by atoms with E-state index < -0.39 is 7.26 Å². The van der Waals surface area contributed by atoms with Crippen LogP contribution in [-0.4, -0.2) is 18.7 Å². The second kappa shape index (κ2) is 16.6. The molecule has 0 unspecified atom stereocenters. The van der Waals surface area contributed by atoms with Crippen LogP contribution in [0.1, 0.15) is 27.7 Å². The van der Waals surface area contributed by atoms with Gasteiger partial charge in [0.1, 0.15) is 23.2 Å². The van der Waals surface area contributed by atoms with Crippen molar-refractivity contribution in [1.29, 1.82) is 0 Å². The first-order valence-corrected chi connectivity index (χ1v) is 15.0. The maximum Gasteiger partial charge on any atom is 0.333 e. The zero-order chi connectivity index (χ0) is 27.2. The average molecular weight is 602 g/mol. The molecule has 39 heavy (non-hydrogen) atoms. The van der Waals surface area contributed by atoms with E-state index in [2.05, 4.69) is 122 Å². The molecule has 0 aliphatic heterocycles. The Balaban J connectivity index is 0.00000533. The SMILES string of the molecule is CCOC(=O)\C(C)=C/C=C/C(C)=C/C=C/C(C)=C/C[P+](c1ccccc1)(c1ccccc1)c1ccccc1.[Br-]. The van der Waals surface area contributed by atoms with Gasteiger partial charge in [-0.25, -0.2) is 4.79 Å². The Morgan fingerprint density at radius 3 is 1.59 bits per heavy atom. The highest BCUT2D eigenvalue weighted by atomic mass is 79.9. The lowest BCUT2D eigenvalue weighted by molar-refractivity contribution is -0.138. The maximum atomic E-state index is 11.7. The van der Waals surface area contributed by atoms with Crippen LogP contribution >= 0.6 is 7.26 Å². The standard InChI is InChI=1S/C35H38O2P.BrH/c1-5-37-35(36)31(4)20-16-19-29(2)17-15-18-30(3)27-28-38(32-21-9-6-10-22-32,33-23-11-7-12-24-33)34-25-13-8-14-26-34;/h6-27H,5,28H2,1-4H3;1H/q+1;/p-1/b18-15+,19-16+,29-17+,30-27+,31-20-;. The number of hydrogen-bond donors (Lipinski definition) is 0. The van der Waals surface area contributed by atoms with Crippen molar-refractivity contribution in [3.05, 3.63) is 150 Å². The van der Waals surface area contributed by atoms with Gasteiger partial charge in [0.15, 0.2) is 0 Å². The van der Waals surface area contributed by atoms with Gasteiger partial charge >= 0.3 is 5.97 Å². The summed E-state index contributed by atoms with van der Waals surface area (Å²) in [5.74, 6) is -0.278. The molecule has 0 heterocycles. The van der Waals surface area contributed by atoms with Gasteiger partial charge in [0.2, 0.25) is 0 Å². The fraction of sp³-hybridized carbons (Fsp3) is 0.171. The van der Waals surface area contributed by atoms with Crippen molar-refractivity contribution in [2.24, 2.45) is 0 Å². The lowest BCUT2D eigenvalue weighted by Crippen LogP contribution is -3.00. The van der Waals surface area contributed by atoms with Gasteiger partial charge in [0.05, 0.1) is 12.8 Å². The minimum absolute atomic E-state index is 0. The third kappa shape index (κ3) is 9.17. The van der Waals surface area contributed by atoms with Gasteiger partial charge < -0.3 is 21.7 Å². The summed E-state index contributed by atoms with van der Waals surface area (Å²) in [5.41, 5.74) is 2.91. The molecular formula is C35H38BrO2P. The number of halogens is 1. The first-order chi connectivity index (χ1) is 18.5. The summed E-state index contributed by atoms with van der Waals surface area (Å²) < 4.78 is 5.01. The van der Waals surface area contributed by atoms with Crippen LogP contribution in [0, 0.1) is 0 Å². The van der Waals surface area contributed by atoms with Gasteiger partial charge in [-0.1, -0.05) is 102 Å². The van der Waals surface area contributed by atoms with E-state index in [1.54, 1.807) is 13.0 Å². The number of carbonyl (C=O) groups excluding carboxylic acids is 1. The molecule has 2 nitrogen and oxygen atoms in total.